The van der Waals surface area contributed by atoms with Crippen LogP contribution in [0, 0.1) is 0 Å². The topological polar surface area (TPSA) is 75.3 Å². The predicted molar refractivity (Wildman–Crippen MR) is 72.6 cm³/mol. The number of benzene rings is 2. The third-order valence-corrected chi connectivity index (χ3v) is 3.76. The van der Waals surface area contributed by atoms with Crippen molar-refractivity contribution in [3.8, 4) is 11.4 Å². The van der Waals surface area contributed by atoms with E-state index in [-0.39, 0.29) is 5.82 Å². The lowest BCUT2D eigenvalue weighted by Crippen LogP contribution is -1.98. The number of nitrogens with zero attached hydrogens (tertiary/aromatic N) is 2. The zero-order valence-electron chi connectivity index (χ0n) is 9.84. The van der Waals surface area contributed by atoms with Crippen molar-refractivity contribution < 1.29 is 14.4 Å². The minimum absolute atomic E-state index is 0.273. The fraction of sp³-hybridized carbons (Fsp3) is 0. The van der Waals surface area contributed by atoms with Gasteiger partial charge in [-0.2, -0.15) is 0 Å². The summed E-state index contributed by atoms with van der Waals surface area (Å²) < 4.78 is 12.7. The van der Waals surface area contributed by atoms with Crippen molar-refractivity contribution in [2.24, 2.45) is 0 Å². The molecule has 2 N–H and O–H groups in total. The molecule has 0 aliphatic carbocycles. The van der Waals surface area contributed by atoms with Crippen LogP contribution >= 0.6 is 7.75 Å². The highest BCUT2D eigenvalue weighted by atomic mass is 31.2. The second-order valence-electron chi connectivity index (χ2n) is 4.12. The first-order valence-electron chi connectivity index (χ1n) is 5.67. The fourth-order valence-corrected chi connectivity index (χ4v) is 2.91. The third kappa shape index (κ3) is 2.08. The first-order chi connectivity index (χ1) is 9.07. The number of para-hydroxylation sites is 2. The van der Waals surface area contributed by atoms with Crippen molar-refractivity contribution in [3.05, 3.63) is 54.6 Å². The monoisotopic (exact) mass is 274 g/mol. The van der Waals surface area contributed by atoms with Crippen LogP contribution in [0.5, 0.6) is 0 Å². The van der Waals surface area contributed by atoms with E-state index in [4.69, 9.17) is 0 Å². The van der Waals surface area contributed by atoms with Crippen molar-refractivity contribution in [2.75, 3.05) is 0 Å². The SMILES string of the molecule is O=P(O)(O)n1c(-c2ccccc2)nc2ccccc21. The number of hydrogen-bond acceptors (Lipinski definition) is 2. The Morgan fingerprint density at radius 1 is 0.947 bits per heavy atom. The quantitative estimate of drug-likeness (QED) is 0.704. The van der Waals surface area contributed by atoms with E-state index < -0.39 is 7.75 Å². The molecule has 0 unspecified atom stereocenters. The van der Waals surface area contributed by atoms with Gasteiger partial charge in [0.2, 0.25) is 0 Å². The van der Waals surface area contributed by atoms with E-state index in [2.05, 4.69) is 4.98 Å². The Balaban J connectivity index is 2.39. The van der Waals surface area contributed by atoms with E-state index in [1.54, 1.807) is 48.5 Å². The van der Waals surface area contributed by atoms with Gasteiger partial charge in [0, 0.05) is 5.56 Å². The van der Waals surface area contributed by atoms with Crippen molar-refractivity contribution in [1.29, 1.82) is 0 Å². The molecule has 96 valence electrons. The van der Waals surface area contributed by atoms with Crippen LogP contribution in [0.15, 0.2) is 54.6 Å². The van der Waals surface area contributed by atoms with Crippen LogP contribution in [0.25, 0.3) is 22.4 Å². The molecular formula is C13H11N2O3P. The van der Waals surface area contributed by atoms with Gasteiger partial charge in [0.15, 0.2) is 0 Å². The van der Waals surface area contributed by atoms with Gasteiger partial charge < -0.3 is 9.79 Å². The van der Waals surface area contributed by atoms with Crippen LogP contribution in [0.1, 0.15) is 0 Å². The standard InChI is InChI=1S/C13H11N2O3P/c16-19(17,18)15-12-9-5-4-8-11(12)14-13(15)10-6-2-1-3-7-10/h1-9H,(H2,16,17,18). The smallest absolute Gasteiger partial charge is 0.308 e. The zero-order valence-corrected chi connectivity index (χ0v) is 10.7. The van der Waals surface area contributed by atoms with Crippen LogP contribution in [0.2, 0.25) is 0 Å². The van der Waals surface area contributed by atoms with Crippen LogP contribution < -0.4 is 0 Å². The highest BCUT2D eigenvalue weighted by Gasteiger charge is 2.25. The number of rotatable bonds is 2. The summed E-state index contributed by atoms with van der Waals surface area (Å²) in [7, 11) is -4.46. The number of imidazole rings is 1. The number of hydrogen-bond donors (Lipinski definition) is 2. The maximum Gasteiger partial charge on any atom is 0.435 e. The molecule has 0 bridgehead atoms. The Morgan fingerprint density at radius 2 is 1.58 bits per heavy atom. The average Bonchev–Trinajstić information content (AvgIpc) is 2.79. The molecule has 1 aromatic heterocycles. The Hall–Kier alpha value is -1.94. The van der Waals surface area contributed by atoms with Crippen molar-refractivity contribution in [2.45, 2.75) is 0 Å². The lowest BCUT2D eigenvalue weighted by Gasteiger charge is -2.10. The lowest BCUT2D eigenvalue weighted by molar-refractivity contribution is 0.363. The summed E-state index contributed by atoms with van der Waals surface area (Å²) in [6.45, 7) is 0. The Morgan fingerprint density at radius 3 is 2.26 bits per heavy atom. The Kier molecular flexibility index (Phi) is 2.75. The highest BCUT2D eigenvalue weighted by Crippen LogP contribution is 2.44. The normalized spacial score (nSPS) is 11.9. The lowest BCUT2D eigenvalue weighted by atomic mass is 10.2. The van der Waals surface area contributed by atoms with E-state index in [1.165, 1.54) is 0 Å². The molecule has 0 aliphatic heterocycles. The van der Waals surface area contributed by atoms with Gasteiger partial charge in [-0.3, -0.25) is 0 Å². The van der Waals surface area contributed by atoms with Gasteiger partial charge in [-0.15, -0.1) is 0 Å². The highest BCUT2D eigenvalue weighted by molar-refractivity contribution is 7.50. The van der Waals surface area contributed by atoms with E-state index >= 15 is 0 Å². The first-order valence-corrected chi connectivity index (χ1v) is 7.23. The molecule has 0 aliphatic rings. The van der Waals surface area contributed by atoms with E-state index in [0.29, 0.717) is 16.6 Å². The van der Waals surface area contributed by atoms with E-state index in [1.807, 2.05) is 6.07 Å². The summed E-state index contributed by atoms with van der Waals surface area (Å²) in [5.41, 5.74) is 1.65. The fourth-order valence-electron chi connectivity index (χ4n) is 2.05. The summed E-state index contributed by atoms with van der Waals surface area (Å²) in [6.07, 6.45) is 0. The molecule has 0 fully saturated rings. The molecule has 3 aromatic rings. The second-order valence-corrected chi connectivity index (χ2v) is 5.54. The van der Waals surface area contributed by atoms with Crippen LogP contribution in [-0.4, -0.2) is 19.1 Å². The molecule has 5 nitrogen and oxygen atoms in total. The van der Waals surface area contributed by atoms with Crippen LogP contribution in [0.3, 0.4) is 0 Å². The van der Waals surface area contributed by atoms with Gasteiger partial charge in [-0.25, -0.2) is 13.9 Å². The largest absolute Gasteiger partial charge is 0.435 e. The van der Waals surface area contributed by atoms with Gasteiger partial charge in [0.1, 0.15) is 5.82 Å². The van der Waals surface area contributed by atoms with E-state index in [9.17, 15) is 14.4 Å². The molecule has 0 atom stereocenters. The molecule has 19 heavy (non-hydrogen) atoms. The molecule has 0 saturated heterocycles. The molecule has 0 spiro atoms. The summed E-state index contributed by atoms with van der Waals surface area (Å²) in [6, 6.07) is 15.9. The minimum Gasteiger partial charge on any atom is -0.308 e. The van der Waals surface area contributed by atoms with Crippen LogP contribution in [-0.2, 0) is 4.57 Å². The Bertz CT molecular complexity index is 777. The van der Waals surface area contributed by atoms with Crippen molar-refractivity contribution >= 4 is 18.8 Å². The predicted octanol–water partition coefficient (Wildman–Crippen LogP) is 2.64. The first kappa shape index (κ1) is 12.1. The average molecular weight is 274 g/mol. The molecule has 3 rings (SSSR count). The molecule has 1 heterocycles. The van der Waals surface area contributed by atoms with Crippen LogP contribution in [0.4, 0.5) is 0 Å². The van der Waals surface area contributed by atoms with Crippen molar-refractivity contribution in [3.63, 3.8) is 0 Å². The summed E-state index contributed by atoms with van der Waals surface area (Å²) >= 11 is 0. The second kappa shape index (κ2) is 4.31. The molecular weight excluding hydrogens is 263 g/mol. The summed E-state index contributed by atoms with van der Waals surface area (Å²) in [5.74, 6) is 0.273. The van der Waals surface area contributed by atoms with Gasteiger partial charge in [-0.1, -0.05) is 42.5 Å². The Labute approximate surface area is 109 Å². The minimum atomic E-state index is -4.46. The van der Waals surface area contributed by atoms with E-state index in [0.717, 1.165) is 4.34 Å². The summed E-state index contributed by atoms with van der Waals surface area (Å²) in [5, 5.41) is 0. The molecule has 0 amide bonds. The zero-order chi connectivity index (χ0) is 13.5. The number of fused-ring (bicyclic) bond motifs is 1. The summed E-state index contributed by atoms with van der Waals surface area (Å²) in [4.78, 5) is 23.4. The van der Waals surface area contributed by atoms with Gasteiger partial charge in [0.25, 0.3) is 0 Å². The van der Waals surface area contributed by atoms with Gasteiger partial charge in [-0.05, 0) is 12.1 Å². The number of aromatic nitrogens is 2. The third-order valence-electron chi connectivity index (χ3n) is 2.83. The molecule has 0 radical (unpaired) electrons. The van der Waals surface area contributed by atoms with Gasteiger partial charge in [0.05, 0.1) is 11.0 Å². The molecule has 2 aromatic carbocycles. The maximum atomic E-state index is 11.7. The molecule has 6 heteroatoms. The maximum absolute atomic E-state index is 11.7. The molecule has 0 saturated carbocycles. The van der Waals surface area contributed by atoms with Crippen molar-refractivity contribution in [1.82, 2.24) is 9.32 Å². The van der Waals surface area contributed by atoms with Gasteiger partial charge >= 0.3 is 7.75 Å².